The first kappa shape index (κ1) is 15.6. The van der Waals surface area contributed by atoms with Crippen LogP contribution in [0, 0.1) is 0 Å². The molecular formula is C16H24N2O4. The van der Waals surface area contributed by atoms with Crippen molar-refractivity contribution in [2.75, 3.05) is 59.3 Å². The number of rotatable bonds is 7. The summed E-state index contributed by atoms with van der Waals surface area (Å²) in [6.45, 7) is 7.71. The van der Waals surface area contributed by atoms with Crippen LogP contribution in [-0.4, -0.2) is 74.2 Å². The van der Waals surface area contributed by atoms with E-state index in [4.69, 9.17) is 19.3 Å². The van der Waals surface area contributed by atoms with Crippen LogP contribution in [-0.2, 0) is 11.3 Å². The van der Waals surface area contributed by atoms with E-state index in [2.05, 4.69) is 21.9 Å². The predicted octanol–water partition coefficient (Wildman–Crippen LogP) is 0.542. The number of aliphatic hydroxyl groups is 1. The number of fused-ring (bicyclic) bond motifs is 1. The Morgan fingerprint density at radius 3 is 2.59 bits per heavy atom. The van der Waals surface area contributed by atoms with Gasteiger partial charge in [0.25, 0.3) is 0 Å². The molecule has 2 aliphatic heterocycles. The van der Waals surface area contributed by atoms with Gasteiger partial charge in [0.2, 0.25) is 6.79 Å². The highest BCUT2D eigenvalue weighted by atomic mass is 16.7. The van der Waals surface area contributed by atoms with Gasteiger partial charge in [-0.25, -0.2) is 0 Å². The fourth-order valence-corrected chi connectivity index (χ4v) is 2.83. The highest BCUT2D eigenvalue weighted by molar-refractivity contribution is 5.44. The lowest BCUT2D eigenvalue weighted by molar-refractivity contribution is 0.0563. The molecule has 0 aliphatic carbocycles. The molecule has 0 aromatic heterocycles. The molecule has 1 aromatic rings. The second kappa shape index (κ2) is 7.78. The minimum atomic E-state index is 0.101. The van der Waals surface area contributed by atoms with E-state index in [9.17, 15) is 0 Å². The van der Waals surface area contributed by atoms with Gasteiger partial charge in [-0.2, -0.15) is 0 Å². The number of aliphatic hydroxyl groups excluding tert-OH is 1. The minimum absolute atomic E-state index is 0.101. The molecule has 3 rings (SSSR count). The summed E-state index contributed by atoms with van der Waals surface area (Å²) in [4.78, 5) is 4.87. The Morgan fingerprint density at radius 1 is 1.00 bits per heavy atom. The number of nitrogens with zero attached hydrogens (tertiary/aromatic N) is 2. The fourth-order valence-electron chi connectivity index (χ4n) is 2.83. The molecule has 22 heavy (non-hydrogen) atoms. The number of benzene rings is 1. The first-order valence-electron chi connectivity index (χ1n) is 7.87. The first-order chi connectivity index (χ1) is 10.8. The molecule has 1 saturated heterocycles. The molecule has 0 atom stereocenters. The summed E-state index contributed by atoms with van der Waals surface area (Å²) in [7, 11) is 0. The van der Waals surface area contributed by atoms with Crippen LogP contribution in [0.25, 0.3) is 0 Å². The summed E-state index contributed by atoms with van der Waals surface area (Å²) in [6, 6.07) is 6.19. The molecule has 2 heterocycles. The summed E-state index contributed by atoms with van der Waals surface area (Å²) in [5, 5.41) is 8.67. The van der Waals surface area contributed by atoms with E-state index >= 15 is 0 Å². The molecular weight excluding hydrogens is 284 g/mol. The fraction of sp³-hybridized carbons (Fsp3) is 0.625. The van der Waals surface area contributed by atoms with Crippen LogP contribution in [0.3, 0.4) is 0 Å². The summed E-state index contributed by atoms with van der Waals surface area (Å²) >= 11 is 0. The van der Waals surface area contributed by atoms with Crippen LogP contribution in [0.5, 0.6) is 11.5 Å². The normalized spacial score (nSPS) is 18.8. The van der Waals surface area contributed by atoms with Gasteiger partial charge >= 0.3 is 0 Å². The maximum absolute atomic E-state index is 8.67. The van der Waals surface area contributed by atoms with Gasteiger partial charge in [-0.3, -0.25) is 9.80 Å². The molecule has 1 N–H and O–H groups in total. The molecule has 2 aliphatic rings. The van der Waals surface area contributed by atoms with Crippen LogP contribution in [0.2, 0.25) is 0 Å². The maximum atomic E-state index is 8.67. The molecule has 0 spiro atoms. The Morgan fingerprint density at radius 2 is 1.77 bits per heavy atom. The van der Waals surface area contributed by atoms with Gasteiger partial charge in [-0.1, -0.05) is 6.07 Å². The Balaban J connectivity index is 1.40. The Hall–Kier alpha value is -1.34. The van der Waals surface area contributed by atoms with E-state index in [0.29, 0.717) is 20.0 Å². The zero-order chi connectivity index (χ0) is 15.2. The van der Waals surface area contributed by atoms with Gasteiger partial charge in [0.05, 0.1) is 19.8 Å². The topological polar surface area (TPSA) is 54.4 Å². The van der Waals surface area contributed by atoms with Crippen molar-refractivity contribution in [1.82, 2.24) is 9.80 Å². The van der Waals surface area contributed by atoms with Gasteiger partial charge in [-0.15, -0.1) is 0 Å². The van der Waals surface area contributed by atoms with Crippen LogP contribution in [0.15, 0.2) is 18.2 Å². The summed E-state index contributed by atoms with van der Waals surface area (Å²) < 4.78 is 16.1. The van der Waals surface area contributed by atoms with Gasteiger partial charge in [0, 0.05) is 39.3 Å². The Kier molecular flexibility index (Phi) is 5.50. The van der Waals surface area contributed by atoms with Gasteiger partial charge in [-0.05, 0) is 17.7 Å². The highest BCUT2D eigenvalue weighted by Crippen LogP contribution is 2.32. The van der Waals surface area contributed by atoms with Gasteiger partial charge in [0.15, 0.2) is 11.5 Å². The molecule has 0 bridgehead atoms. The van der Waals surface area contributed by atoms with Crippen molar-refractivity contribution in [1.29, 1.82) is 0 Å². The molecule has 6 heteroatoms. The summed E-state index contributed by atoms with van der Waals surface area (Å²) in [5.74, 6) is 1.70. The molecule has 6 nitrogen and oxygen atoms in total. The first-order valence-corrected chi connectivity index (χ1v) is 7.87. The monoisotopic (exact) mass is 308 g/mol. The van der Waals surface area contributed by atoms with Crippen molar-refractivity contribution in [3.8, 4) is 11.5 Å². The standard InChI is InChI=1S/C16H24N2O4/c19-8-10-20-9-7-17-3-5-18(6-4-17)12-14-1-2-15-16(11-14)22-13-21-15/h1-2,11,19H,3-10,12-13H2. The number of piperazine rings is 1. The number of hydrogen-bond donors (Lipinski definition) is 1. The van der Waals surface area contributed by atoms with Crippen LogP contribution >= 0.6 is 0 Å². The maximum Gasteiger partial charge on any atom is 0.231 e. The Labute approximate surface area is 131 Å². The zero-order valence-electron chi connectivity index (χ0n) is 12.9. The van der Waals surface area contributed by atoms with E-state index in [1.165, 1.54) is 5.56 Å². The average molecular weight is 308 g/mol. The third-order valence-corrected chi connectivity index (χ3v) is 4.10. The van der Waals surface area contributed by atoms with Crippen LogP contribution < -0.4 is 9.47 Å². The molecule has 0 unspecified atom stereocenters. The van der Waals surface area contributed by atoms with E-state index in [-0.39, 0.29) is 6.61 Å². The smallest absolute Gasteiger partial charge is 0.231 e. The quantitative estimate of drug-likeness (QED) is 0.742. The van der Waals surface area contributed by atoms with Gasteiger partial charge < -0.3 is 19.3 Å². The van der Waals surface area contributed by atoms with Crippen molar-refractivity contribution in [3.63, 3.8) is 0 Å². The molecule has 0 saturated carbocycles. The van der Waals surface area contributed by atoms with Crippen molar-refractivity contribution < 1.29 is 19.3 Å². The van der Waals surface area contributed by atoms with E-state index < -0.39 is 0 Å². The lowest BCUT2D eigenvalue weighted by Gasteiger charge is -2.34. The summed E-state index contributed by atoms with van der Waals surface area (Å²) in [5.41, 5.74) is 1.27. The minimum Gasteiger partial charge on any atom is -0.454 e. The molecule has 1 aromatic carbocycles. The van der Waals surface area contributed by atoms with Gasteiger partial charge in [0.1, 0.15) is 0 Å². The molecule has 1 fully saturated rings. The molecule has 0 amide bonds. The summed E-state index contributed by atoms with van der Waals surface area (Å²) in [6.07, 6.45) is 0. The largest absolute Gasteiger partial charge is 0.454 e. The highest BCUT2D eigenvalue weighted by Gasteiger charge is 2.18. The third-order valence-electron chi connectivity index (χ3n) is 4.10. The van der Waals surface area contributed by atoms with E-state index in [1.807, 2.05) is 6.07 Å². The van der Waals surface area contributed by atoms with Crippen LogP contribution in [0.1, 0.15) is 5.56 Å². The SMILES string of the molecule is OCCOCCN1CCN(Cc2ccc3c(c2)OCO3)CC1. The second-order valence-corrected chi connectivity index (χ2v) is 5.64. The van der Waals surface area contributed by atoms with Crippen molar-refractivity contribution >= 4 is 0 Å². The number of hydrogen-bond acceptors (Lipinski definition) is 6. The van der Waals surface area contributed by atoms with Crippen molar-refractivity contribution in [2.24, 2.45) is 0 Å². The van der Waals surface area contributed by atoms with E-state index in [0.717, 1.165) is 50.8 Å². The average Bonchev–Trinajstić information content (AvgIpc) is 3.01. The van der Waals surface area contributed by atoms with Crippen molar-refractivity contribution in [3.05, 3.63) is 23.8 Å². The molecule has 122 valence electrons. The number of ether oxygens (including phenoxy) is 3. The predicted molar refractivity (Wildman–Crippen MR) is 82.2 cm³/mol. The zero-order valence-corrected chi connectivity index (χ0v) is 12.9. The third kappa shape index (κ3) is 4.10. The van der Waals surface area contributed by atoms with E-state index in [1.54, 1.807) is 0 Å². The lowest BCUT2D eigenvalue weighted by atomic mass is 10.1. The lowest BCUT2D eigenvalue weighted by Crippen LogP contribution is -2.46. The second-order valence-electron chi connectivity index (χ2n) is 5.64. The Bertz CT molecular complexity index is 475. The van der Waals surface area contributed by atoms with Crippen molar-refractivity contribution in [2.45, 2.75) is 6.54 Å². The molecule has 0 radical (unpaired) electrons. The van der Waals surface area contributed by atoms with Crippen LogP contribution in [0.4, 0.5) is 0 Å².